The van der Waals surface area contributed by atoms with E-state index in [-0.39, 0.29) is 17.3 Å². The number of amides is 1. The highest BCUT2D eigenvalue weighted by atomic mass is 32.1. The lowest BCUT2D eigenvalue weighted by atomic mass is 9.99. The van der Waals surface area contributed by atoms with Crippen LogP contribution < -0.4 is 5.56 Å². The van der Waals surface area contributed by atoms with Crippen LogP contribution in [0.3, 0.4) is 0 Å². The Bertz CT molecular complexity index is 1520. The van der Waals surface area contributed by atoms with E-state index in [1.807, 2.05) is 0 Å². The summed E-state index contributed by atoms with van der Waals surface area (Å²) in [5, 5.41) is 2.05. The SMILES string of the molecule is CN(Cc1cc(C(F)(F)F)cc(C(F)(F)F)c1)C(=O)c1c(-c2ccc(F)cc2)c2ccsc2c(=O)n1C. The molecule has 4 rings (SSSR count). The van der Waals surface area contributed by atoms with Crippen LogP contribution in [-0.2, 0) is 25.9 Å². The van der Waals surface area contributed by atoms with Crippen LogP contribution >= 0.6 is 11.3 Å². The Labute approximate surface area is 209 Å². The van der Waals surface area contributed by atoms with Crippen molar-refractivity contribution in [2.24, 2.45) is 7.05 Å². The zero-order chi connectivity index (χ0) is 27.3. The van der Waals surface area contributed by atoms with Crippen LogP contribution in [0.4, 0.5) is 30.7 Å². The van der Waals surface area contributed by atoms with Gasteiger partial charge in [-0.2, -0.15) is 26.3 Å². The highest BCUT2D eigenvalue weighted by Crippen LogP contribution is 2.37. The summed E-state index contributed by atoms with van der Waals surface area (Å²) in [5.74, 6) is -1.36. The second kappa shape index (κ2) is 9.33. The molecule has 0 aliphatic heterocycles. The fourth-order valence-electron chi connectivity index (χ4n) is 4.02. The molecule has 0 atom stereocenters. The van der Waals surface area contributed by atoms with Gasteiger partial charge in [-0.05, 0) is 52.9 Å². The molecule has 0 fully saturated rings. The summed E-state index contributed by atoms with van der Waals surface area (Å²) in [5.41, 5.74) is -3.37. The van der Waals surface area contributed by atoms with E-state index in [2.05, 4.69) is 0 Å². The molecule has 0 saturated carbocycles. The van der Waals surface area contributed by atoms with Crippen molar-refractivity contribution in [3.63, 3.8) is 0 Å². The molecule has 0 spiro atoms. The molecule has 1 amide bonds. The summed E-state index contributed by atoms with van der Waals surface area (Å²) in [6, 6.07) is 7.85. The number of hydrogen-bond acceptors (Lipinski definition) is 3. The highest BCUT2D eigenvalue weighted by molar-refractivity contribution is 7.17. The van der Waals surface area contributed by atoms with Gasteiger partial charge in [-0.1, -0.05) is 12.1 Å². The number of nitrogens with zero attached hydrogens (tertiary/aromatic N) is 2. The monoisotopic (exact) mass is 542 g/mol. The first-order valence-corrected chi connectivity index (χ1v) is 11.5. The fraction of sp³-hybridized carbons (Fsp3) is 0.200. The van der Waals surface area contributed by atoms with E-state index < -0.39 is 52.9 Å². The number of pyridine rings is 1. The van der Waals surface area contributed by atoms with Gasteiger partial charge in [0.05, 0.1) is 11.1 Å². The molecule has 0 bridgehead atoms. The predicted molar refractivity (Wildman–Crippen MR) is 125 cm³/mol. The first-order valence-electron chi connectivity index (χ1n) is 10.6. The number of alkyl halides is 6. The Morgan fingerprint density at radius 1 is 0.946 bits per heavy atom. The van der Waals surface area contributed by atoms with Crippen molar-refractivity contribution in [3.8, 4) is 11.1 Å². The number of thiophene rings is 1. The zero-order valence-electron chi connectivity index (χ0n) is 19.2. The molecule has 2 aromatic carbocycles. The molecule has 0 aliphatic rings. The molecule has 194 valence electrons. The Morgan fingerprint density at radius 2 is 1.51 bits per heavy atom. The number of carbonyl (C=O) groups is 1. The maximum absolute atomic E-state index is 13.6. The quantitative estimate of drug-likeness (QED) is 0.269. The zero-order valence-corrected chi connectivity index (χ0v) is 20.0. The molecule has 4 aromatic rings. The van der Waals surface area contributed by atoms with Gasteiger partial charge in [0, 0.05) is 31.6 Å². The Balaban J connectivity index is 1.83. The first-order chi connectivity index (χ1) is 17.2. The largest absolute Gasteiger partial charge is 0.416 e. The van der Waals surface area contributed by atoms with Crippen LogP contribution in [-0.4, -0.2) is 22.4 Å². The van der Waals surface area contributed by atoms with E-state index in [1.54, 1.807) is 11.4 Å². The molecular formula is C25H17F7N2O2S. The lowest BCUT2D eigenvalue weighted by Gasteiger charge is -2.23. The maximum Gasteiger partial charge on any atom is 0.416 e. The molecule has 4 nitrogen and oxygen atoms in total. The summed E-state index contributed by atoms with van der Waals surface area (Å²) in [6.07, 6.45) is -10.1. The van der Waals surface area contributed by atoms with Crippen molar-refractivity contribution in [1.29, 1.82) is 0 Å². The van der Waals surface area contributed by atoms with Crippen molar-refractivity contribution >= 4 is 27.3 Å². The van der Waals surface area contributed by atoms with Crippen molar-refractivity contribution in [2.45, 2.75) is 18.9 Å². The van der Waals surface area contributed by atoms with E-state index in [9.17, 15) is 40.3 Å². The van der Waals surface area contributed by atoms with Crippen LogP contribution in [0.15, 0.2) is 58.7 Å². The number of fused-ring (bicyclic) bond motifs is 1. The van der Waals surface area contributed by atoms with Crippen LogP contribution in [0, 0.1) is 5.82 Å². The van der Waals surface area contributed by atoms with E-state index in [0.717, 1.165) is 32.9 Å². The molecule has 12 heteroatoms. The van der Waals surface area contributed by atoms with E-state index in [1.165, 1.54) is 26.2 Å². The summed E-state index contributed by atoms with van der Waals surface area (Å²) in [7, 11) is 2.54. The molecule has 2 aromatic heterocycles. The highest BCUT2D eigenvalue weighted by Gasteiger charge is 2.37. The molecule has 37 heavy (non-hydrogen) atoms. The average Bonchev–Trinajstić information content (AvgIpc) is 3.30. The molecular weight excluding hydrogens is 525 g/mol. The number of halogens is 7. The molecule has 0 aliphatic carbocycles. The van der Waals surface area contributed by atoms with E-state index in [4.69, 9.17) is 0 Å². The van der Waals surface area contributed by atoms with Gasteiger partial charge in [0.15, 0.2) is 0 Å². The maximum atomic E-state index is 13.6. The third kappa shape index (κ3) is 5.10. The number of benzene rings is 2. The van der Waals surface area contributed by atoms with Gasteiger partial charge in [-0.3, -0.25) is 9.59 Å². The lowest BCUT2D eigenvalue weighted by Crippen LogP contribution is -2.33. The van der Waals surface area contributed by atoms with Crippen molar-refractivity contribution in [1.82, 2.24) is 9.47 Å². The number of carbonyl (C=O) groups excluding carboxylic acids is 1. The van der Waals surface area contributed by atoms with E-state index >= 15 is 0 Å². The van der Waals surface area contributed by atoms with Gasteiger partial charge in [-0.25, -0.2) is 4.39 Å². The smallest absolute Gasteiger partial charge is 0.336 e. The second-order valence-corrected chi connectivity index (χ2v) is 9.25. The van der Waals surface area contributed by atoms with Gasteiger partial charge in [0.1, 0.15) is 16.2 Å². The Kier molecular flexibility index (Phi) is 6.65. The lowest BCUT2D eigenvalue weighted by molar-refractivity contribution is -0.143. The van der Waals surface area contributed by atoms with Gasteiger partial charge < -0.3 is 9.47 Å². The Hall–Kier alpha value is -3.67. The minimum Gasteiger partial charge on any atom is -0.336 e. The van der Waals surface area contributed by atoms with Crippen molar-refractivity contribution < 1.29 is 35.5 Å². The molecule has 0 saturated heterocycles. The summed E-state index contributed by atoms with van der Waals surface area (Å²) in [4.78, 5) is 27.4. The predicted octanol–water partition coefficient (Wildman–Crippen LogP) is 6.72. The first kappa shape index (κ1) is 26.4. The van der Waals surface area contributed by atoms with Crippen molar-refractivity contribution in [2.75, 3.05) is 7.05 Å². The summed E-state index contributed by atoms with van der Waals surface area (Å²) >= 11 is 1.13. The topological polar surface area (TPSA) is 42.3 Å². The third-order valence-corrected chi connectivity index (χ3v) is 6.66. The second-order valence-electron chi connectivity index (χ2n) is 8.33. The third-order valence-electron chi connectivity index (χ3n) is 5.76. The van der Waals surface area contributed by atoms with Gasteiger partial charge in [0.25, 0.3) is 11.5 Å². The minimum atomic E-state index is -5.04. The van der Waals surface area contributed by atoms with Gasteiger partial charge >= 0.3 is 12.4 Å². The van der Waals surface area contributed by atoms with Gasteiger partial charge in [0.2, 0.25) is 0 Å². The van der Waals surface area contributed by atoms with Crippen LogP contribution in [0.25, 0.3) is 21.2 Å². The number of rotatable bonds is 4. The van der Waals surface area contributed by atoms with Gasteiger partial charge in [-0.15, -0.1) is 11.3 Å². The number of aromatic nitrogens is 1. The normalized spacial score (nSPS) is 12.2. The van der Waals surface area contributed by atoms with Crippen LogP contribution in [0.5, 0.6) is 0 Å². The average molecular weight is 542 g/mol. The molecule has 0 N–H and O–H groups in total. The van der Waals surface area contributed by atoms with Crippen LogP contribution in [0.1, 0.15) is 27.2 Å². The molecule has 2 heterocycles. The Morgan fingerprint density at radius 3 is 2.05 bits per heavy atom. The standard InChI is InChI=1S/C25H17F7N2O2S/c1-33(12-13-9-15(24(27,28)29)11-16(10-13)25(30,31)32)22(35)20-19(14-3-5-17(26)6-4-14)18-7-8-37-21(18)23(36)34(20)2/h3-11H,12H2,1-2H3. The van der Waals surface area contributed by atoms with Crippen molar-refractivity contribution in [3.05, 3.63) is 92.5 Å². The summed E-state index contributed by atoms with van der Waals surface area (Å²) < 4.78 is 94.6. The minimum absolute atomic E-state index is 0.00612. The fourth-order valence-corrected chi connectivity index (χ4v) is 4.89. The molecule has 0 radical (unpaired) electrons. The molecule has 0 unspecified atom stereocenters. The summed E-state index contributed by atoms with van der Waals surface area (Å²) in [6.45, 7) is -0.607. The number of hydrogen-bond donors (Lipinski definition) is 0. The van der Waals surface area contributed by atoms with E-state index in [0.29, 0.717) is 27.8 Å². The van der Waals surface area contributed by atoms with Crippen LogP contribution in [0.2, 0.25) is 0 Å².